The molecule has 0 radical (unpaired) electrons. The maximum Gasteiger partial charge on any atom is 0.409 e. The maximum absolute atomic E-state index is 12.9. The molecule has 9 heteroatoms. The summed E-state index contributed by atoms with van der Waals surface area (Å²) < 4.78 is 15.7. The average Bonchev–Trinajstić information content (AvgIpc) is 2.94. The second-order valence-electron chi connectivity index (χ2n) is 9.56. The topological polar surface area (TPSA) is 97.4 Å². The van der Waals surface area contributed by atoms with E-state index in [0.717, 1.165) is 76.0 Å². The van der Waals surface area contributed by atoms with E-state index in [2.05, 4.69) is 17.1 Å². The van der Waals surface area contributed by atoms with E-state index >= 15 is 0 Å². The monoisotopic (exact) mass is 533 g/mol. The predicted octanol–water partition coefficient (Wildman–Crippen LogP) is 5.01. The van der Waals surface area contributed by atoms with Gasteiger partial charge in [-0.1, -0.05) is 27.2 Å². The highest BCUT2D eigenvalue weighted by molar-refractivity contribution is 5.93. The van der Waals surface area contributed by atoms with Crippen molar-refractivity contribution in [2.75, 3.05) is 51.3 Å². The first kappa shape index (κ1) is 31.4. The highest BCUT2D eigenvalue weighted by atomic mass is 16.6. The molecule has 2 aliphatic rings. The number of nitrogens with zero attached hydrogens (tertiary/aromatic N) is 2. The lowest BCUT2D eigenvalue weighted by Crippen LogP contribution is -2.49. The van der Waals surface area contributed by atoms with Gasteiger partial charge in [0.2, 0.25) is 5.91 Å². The van der Waals surface area contributed by atoms with Crippen molar-refractivity contribution in [3.63, 3.8) is 0 Å². The van der Waals surface area contributed by atoms with E-state index in [1.54, 1.807) is 13.0 Å². The van der Waals surface area contributed by atoms with E-state index in [1.807, 2.05) is 37.8 Å². The van der Waals surface area contributed by atoms with Crippen molar-refractivity contribution < 1.29 is 28.6 Å². The molecule has 214 valence electrons. The second kappa shape index (κ2) is 16.9. The number of amides is 2. The number of hydrogen-bond donors (Lipinski definition) is 1. The molecule has 3 rings (SSSR count). The van der Waals surface area contributed by atoms with Gasteiger partial charge in [-0.3, -0.25) is 4.79 Å². The van der Waals surface area contributed by atoms with Gasteiger partial charge in [-0.2, -0.15) is 0 Å². The minimum absolute atomic E-state index is 0.0194. The summed E-state index contributed by atoms with van der Waals surface area (Å²) in [4.78, 5) is 40.9. The number of unbranched alkanes of at least 4 members (excludes halogenated alkanes) is 1. The van der Waals surface area contributed by atoms with E-state index in [4.69, 9.17) is 14.2 Å². The van der Waals surface area contributed by atoms with Crippen molar-refractivity contribution >= 4 is 23.7 Å². The van der Waals surface area contributed by atoms with E-state index in [-0.39, 0.29) is 24.5 Å². The van der Waals surface area contributed by atoms with Gasteiger partial charge in [0.25, 0.3) is 0 Å². The number of ether oxygens (including phenoxy) is 3. The molecule has 0 atom stereocenters. The van der Waals surface area contributed by atoms with Gasteiger partial charge in [0, 0.05) is 30.7 Å². The summed E-state index contributed by atoms with van der Waals surface area (Å²) in [7, 11) is 0. The minimum Gasteiger partial charge on any atom is -0.482 e. The molecule has 38 heavy (non-hydrogen) atoms. The molecular weight excluding hydrogens is 486 g/mol. The quantitative estimate of drug-likeness (QED) is 0.333. The zero-order valence-corrected chi connectivity index (χ0v) is 23.9. The standard InChI is InChI=1S/C27H41N3O6.C2H6/c1-4-6-17-35-27(33)30-15-11-22(12-16-30)29-13-9-21(10-14-29)26(32)28-24-8-7-23(18-20(24)3)36-19-25(31)34-5-2;1-2/h7-8,18,21-22H,4-6,9-17,19H2,1-3H3,(H,28,32);1-2H3. The van der Waals surface area contributed by atoms with Gasteiger partial charge >= 0.3 is 12.1 Å². The lowest BCUT2D eigenvalue weighted by Gasteiger charge is -2.41. The highest BCUT2D eigenvalue weighted by Crippen LogP contribution is 2.27. The summed E-state index contributed by atoms with van der Waals surface area (Å²) in [5.74, 6) is 0.179. The summed E-state index contributed by atoms with van der Waals surface area (Å²) in [6, 6.07) is 5.82. The van der Waals surface area contributed by atoms with Crippen molar-refractivity contribution in [1.82, 2.24) is 9.80 Å². The Bertz CT molecular complexity index is 877. The molecule has 0 saturated carbocycles. The molecule has 2 fully saturated rings. The summed E-state index contributed by atoms with van der Waals surface area (Å²) in [5, 5.41) is 3.06. The fraction of sp³-hybridized carbons (Fsp3) is 0.690. The molecule has 0 aliphatic carbocycles. The first-order valence-electron chi connectivity index (χ1n) is 14.3. The molecule has 2 saturated heterocycles. The van der Waals surface area contributed by atoms with Crippen molar-refractivity contribution in [3.05, 3.63) is 23.8 Å². The van der Waals surface area contributed by atoms with Gasteiger partial charge < -0.3 is 29.3 Å². The van der Waals surface area contributed by atoms with Crippen molar-refractivity contribution in [1.29, 1.82) is 0 Å². The number of piperidine rings is 2. The normalized spacial score (nSPS) is 16.7. The van der Waals surface area contributed by atoms with Gasteiger partial charge in [-0.25, -0.2) is 9.59 Å². The second-order valence-corrected chi connectivity index (χ2v) is 9.56. The number of anilines is 1. The molecule has 1 aromatic rings. The van der Waals surface area contributed by atoms with Crippen LogP contribution in [0.2, 0.25) is 0 Å². The van der Waals surface area contributed by atoms with E-state index in [1.165, 1.54) is 0 Å². The third-order valence-corrected chi connectivity index (χ3v) is 6.98. The van der Waals surface area contributed by atoms with Gasteiger partial charge in [-0.05, 0) is 82.8 Å². The number of rotatable bonds is 10. The van der Waals surface area contributed by atoms with Crippen LogP contribution in [0.1, 0.15) is 71.8 Å². The Labute approximate surface area is 228 Å². The van der Waals surface area contributed by atoms with E-state index < -0.39 is 5.97 Å². The Balaban J connectivity index is 0.00000247. The number of benzene rings is 1. The van der Waals surface area contributed by atoms with Crippen LogP contribution in [0.15, 0.2) is 18.2 Å². The van der Waals surface area contributed by atoms with Crippen molar-refractivity contribution in [2.45, 2.75) is 79.2 Å². The van der Waals surface area contributed by atoms with Crippen LogP contribution >= 0.6 is 0 Å². The Morgan fingerprint density at radius 3 is 2.26 bits per heavy atom. The molecule has 1 N–H and O–H groups in total. The lowest BCUT2D eigenvalue weighted by atomic mass is 9.92. The third kappa shape index (κ3) is 9.82. The molecule has 0 bridgehead atoms. The number of likely N-dealkylation sites (tertiary alicyclic amines) is 2. The van der Waals surface area contributed by atoms with Crippen LogP contribution in [0.4, 0.5) is 10.5 Å². The van der Waals surface area contributed by atoms with Crippen LogP contribution in [-0.4, -0.2) is 79.8 Å². The van der Waals surface area contributed by atoms with Gasteiger partial charge in [0.05, 0.1) is 13.2 Å². The summed E-state index contributed by atoms with van der Waals surface area (Å²) in [6.07, 6.45) is 5.28. The van der Waals surface area contributed by atoms with Crippen molar-refractivity contribution in [2.24, 2.45) is 5.92 Å². The smallest absolute Gasteiger partial charge is 0.409 e. The number of hydrogen-bond acceptors (Lipinski definition) is 7. The fourth-order valence-electron chi connectivity index (χ4n) is 4.78. The predicted molar refractivity (Wildman–Crippen MR) is 148 cm³/mol. The average molecular weight is 534 g/mol. The minimum atomic E-state index is -0.408. The largest absolute Gasteiger partial charge is 0.482 e. The van der Waals surface area contributed by atoms with Crippen LogP contribution in [0.25, 0.3) is 0 Å². The highest BCUT2D eigenvalue weighted by Gasteiger charge is 2.32. The van der Waals surface area contributed by atoms with Gasteiger partial charge in [0.1, 0.15) is 5.75 Å². The van der Waals surface area contributed by atoms with Crippen LogP contribution < -0.4 is 10.1 Å². The van der Waals surface area contributed by atoms with Crippen LogP contribution in [0.3, 0.4) is 0 Å². The first-order valence-corrected chi connectivity index (χ1v) is 14.3. The number of esters is 1. The Hall–Kier alpha value is -2.81. The summed E-state index contributed by atoms with van der Waals surface area (Å²) >= 11 is 0. The molecule has 2 aliphatic heterocycles. The summed E-state index contributed by atoms with van der Waals surface area (Å²) in [6.45, 7) is 13.7. The Kier molecular flexibility index (Phi) is 14.0. The lowest BCUT2D eigenvalue weighted by molar-refractivity contribution is -0.145. The SMILES string of the molecule is CC.CCCCOC(=O)N1CCC(N2CCC(C(=O)Nc3ccc(OCC(=O)OCC)cc3C)CC2)CC1. The summed E-state index contributed by atoms with van der Waals surface area (Å²) in [5.41, 5.74) is 1.63. The molecular formula is C29H47N3O6. The van der Waals surface area contributed by atoms with Crippen LogP contribution in [-0.2, 0) is 19.1 Å². The van der Waals surface area contributed by atoms with Gasteiger partial charge in [0.15, 0.2) is 6.61 Å². The number of carbonyl (C=O) groups is 3. The van der Waals surface area contributed by atoms with Crippen LogP contribution in [0.5, 0.6) is 5.75 Å². The van der Waals surface area contributed by atoms with E-state index in [9.17, 15) is 14.4 Å². The fourth-order valence-corrected chi connectivity index (χ4v) is 4.78. The van der Waals surface area contributed by atoms with Crippen molar-refractivity contribution in [3.8, 4) is 5.75 Å². The first-order chi connectivity index (χ1) is 18.4. The number of carbonyl (C=O) groups excluding carboxylic acids is 3. The van der Waals surface area contributed by atoms with E-state index in [0.29, 0.717) is 25.0 Å². The molecule has 0 unspecified atom stereocenters. The maximum atomic E-state index is 12.9. The van der Waals surface area contributed by atoms with Gasteiger partial charge in [-0.15, -0.1) is 0 Å². The third-order valence-electron chi connectivity index (χ3n) is 6.98. The van der Waals surface area contributed by atoms with Crippen LogP contribution in [0, 0.1) is 12.8 Å². The Morgan fingerprint density at radius 2 is 1.66 bits per heavy atom. The number of nitrogens with one attached hydrogen (secondary N) is 1. The molecule has 9 nitrogen and oxygen atoms in total. The number of aryl methyl sites for hydroxylation is 1. The molecule has 0 aromatic heterocycles. The molecule has 2 amide bonds. The molecule has 1 aromatic carbocycles. The molecule has 2 heterocycles. The zero-order valence-electron chi connectivity index (χ0n) is 23.9. The molecule has 0 spiro atoms. The zero-order chi connectivity index (χ0) is 27.9. The Morgan fingerprint density at radius 1 is 0.974 bits per heavy atom.